The number of nitrogens with zero attached hydrogens (tertiary/aromatic N) is 4. The van der Waals surface area contributed by atoms with E-state index in [-0.39, 0.29) is 16.6 Å². The molecule has 3 aromatic rings. The molecule has 1 amide bonds. The predicted molar refractivity (Wildman–Crippen MR) is 134 cm³/mol. The van der Waals surface area contributed by atoms with Gasteiger partial charge in [-0.3, -0.25) is 9.36 Å². The Hall–Kier alpha value is -2.69. The van der Waals surface area contributed by atoms with Gasteiger partial charge in [-0.15, -0.1) is 10.2 Å². The molecule has 0 spiro atoms. The Morgan fingerprint density at radius 2 is 1.59 bits per heavy atom. The number of rotatable bonds is 7. The highest BCUT2D eigenvalue weighted by atomic mass is 32.2. The van der Waals surface area contributed by atoms with Gasteiger partial charge in [-0.2, -0.15) is 4.31 Å². The Morgan fingerprint density at radius 1 is 0.941 bits per heavy atom. The fraction of sp³-hybridized carbons (Fsp3) is 0.375. The number of benzene rings is 2. The molecule has 4 rings (SSSR count). The van der Waals surface area contributed by atoms with Crippen molar-refractivity contribution in [3.8, 4) is 5.69 Å². The van der Waals surface area contributed by atoms with Crippen LogP contribution in [0.2, 0.25) is 0 Å². The van der Waals surface area contributed by atoms with E-state index in [4.69, 9.17) is 0 Å². The molecule has 180 valence electrons. The molecule has 0 bridgehead atoms. The van der Waals surface area contributed by atoms with Crippen LogP contribution in [0.5, 0.6) is 0 Å². The van der Waals surface area contributed by atoms with Gasteiger partial charge in [-0.25, -0.2) is 8.42 Å². The summed E-state index contributed by atoms with van der Waals surface area (Å²) in [6.45, 7) is 5.02. The number of anilines is 1. The molecule has 0 aliphatic carbocycles. The largest absolute Gasteiger partial charge is 0.325 e. The van der Waals surface area contributed by atoms with Crippen molar-refractivity contribution in [2.75, 3.05) is 24.2 Å². The van der Waals surface area contributed by atoms with Crippen LogP contribution in [-0.2, 0) is 14.8 Å². The molecule has 0 saturated carbocycles. The third kappa shape index (κ3) is 5.68. The maximum absolute atomic E-state index is 12.9. The monoisotopic (exact) mass is 499 g/mol. The molecule has 0 radical (unpaired) electrons. The summed E-state index contributed by atoms with van der Waals surface area (Å²) in [6, 6.07) is 14.4. The second kappa shape index (κ2) is 10.7. The Labute approximate surface area is 204 Å². The number of hydrogen-bond acceptors (Lipinski definition) is 6. The summed E-state index contributed by atoms with van der Waals surface area (Å²) in [7, 11) is -3.51. The highest BCUT2D eigenvalue weighted by Crippen LogP contribution is 2.24. The van der Waals surface area contributed by atoms with Crippen LogP contribution < -0.4 is 5.32 Å². The van der Waals surface area contributed by atoms with E-state index in [1.165, 1.54) is 11.8 Å². The summed E-state index contributed by atoms with van der Waals surface area (Å²) < 4.78 is 29.3. The van der Waals surface area contributed by atoms with Crippen LogP contribution in [0.3, 0.4) is 0 Å². The average Bonchev–Trinajstić information content (AvgIpc) is 3.01. The summed E-state index contributed by atoms with van der Waals surface area (Å²) in [6.07, 6.45) is 3.91. The molecule has 0 unspecified atom stereocenters. The second-order valence-corrected chi connectivity index (χ2v) is 11.3. The number of aryl methyl sites for hydroxylation is 2. The van der Waals surface area contributed by atoms with Crippen LogP contribution in [0, 0.1) is 13.8 Å². The van der Waals surface area contributed by atoms with E-state index in [0.717, 1.165) is 42.8 Å². The number of hydrogen-bond donors (Lipinski definition) is 1. The Balaban J connectivity index is 1.37. The standard InChI is InChI=1S/C24H29N5O3S2/c1-18-7-11-21(12-8-18)29-19(2)26-27-24(29)33-17-23(30)25-20-9-13-22(14-10-20)34(31,32)28-15-5-3-4-6-16-28/h7-14H,3-6,15-17H2,1-2H3,(H,25,30). The van der Waals surface area contributed by atoms with Crippen LogP contribution in [0.15, 0.2) is 58.6 Å². The lowest BCUT2D eigenvalue weighted by Gasteiger charge is -2.20. The van der Waals surface area contributed by atoms with Crippen molar-refractivity contribution in [3.05, 3.63) is 59.9 Å². The number of thioether (sulfide) groups is 1. The lowest BCUT2D eigenvalue weighted by molar-refractivity contribution is -0.113. The minimum atomic E-state index is -3.51. The lowest BCUT2D eigenvalue weighted by Crippen LogP contribution is -2.31. The number of carbonyl (C=O) groups excluding carboxylic acids is 1. The van der Waals surface area contributed by atoms with Gasteiger partial charge in [-0.1, -0.05) is 42.3 Å². The molecule has 10 heteroatoms. The predicted octanol–water partition coefficient (Wildman–Crippen LogP) is 4.18. The first-order chi connectivity index (χ1) is 16.3. The van der Waals surface area contributed by atoms with Crippen molar-refractivity contribution in [3.63, 3.8) is 0 Å². The SMILES string of the molecule is Cc1ccc(-n2c(C)nnc2SCC(=O)Nc2ccc(S(=O)(=O)N3CCCCCC3)cc2)cc1. The van der Waals surface area contributed by atoms with Gasteiger partial charge in [0.05, 0.1) is 10.6 Å². The summed E-state index contributed by atoms with van der Waals surface area (Å²) >= 11 is 1.30. The van der Waals surface area contributed by atoms with Gasteiger partial charge in [0, 0.05) is 24.5 Å². The Bertz CT molecular complexity index is 1230. The van der Waals surface area contributed by atoms with Crippen molar-refractivity contribution < 1.29 is 13.2 Å². The number of aromatic nitrogens is 3. The number of amides is 1. The van der Waals surface area contributed by atoms with E-state index < -0.39 is 10.0 Å². The van der Waals surface area contributed by atoms with Crippen LogP contribution >= 0.6 is 11.8 Å². The topological polar surface area (TPSA) is 97.2 Å². The van der Waals surface area contributed by atoms with Crippen molar-refractivity contribution in [1.82, 2.24) is 19.1 Å². The van der Waals surface area contributed by atoms with Gasteiger partial charge in [0.15, 0.2) is 5.16 Å². The fourth-order valence-corrected chi connectivity index (χ4v) is 6.21. The highest BCUT2D eigenvalue weighted by molar-refractivity contribution is 7.99. The van der Waals surface area contributed by atoms with Crippen molar-refractivity contribution >= 4 is 33.4 Å². The molecule has 1 aliphatic heterocycles. The van der Waals surface area contributed by atoms with Gasteiger partial charge >= 0.3 is 0 Å². The molecule has 1 N–H and O–H groups in total. The van der Waals surface area contributed by atoms with Gasteiger partial charge in [0.2, 0.25) is 15.9 Å². The molecule has 0 atom stereocenters. The zero-order valence-corrected chi connectivity index (χ0v) is 21.0. The summed E-state index contributed by atoms with van der Waals surface area (Å²) in [5, 5.41) is 11.8. The van der Waals surface area contributed by atoms with Gasteiger partial charge in [0.1, 0.15) is 5.82 Å². The average molecular weight is 500 g/mol. The molecule has 1 saturated heterocycles. The minimum absolute atomic E-state index is 0.151. The normalized spacial score (nSPS) is 15.1. The molecular formula is C24H29N5O3S2. The third-order valence-corrected chi connectivity index (χ3v) is 8.60. The molecule has 1 aromatic heterocycles. The molecule has 1 fully saturated rings. The highest BCUT2D eigenvalue weighted by Gasteiger charge is 2.25. The quantitative estimate of drug-likeness (QED) is 0.490. The molecule has 2 heterocycles. The number of carbonyl (C=O) groups is 1. The summed E-state index contributed by atoms with van der Waals surface area (Å²) in [4.78, 5) is 12.8. The smallest absolute Gasteiger partial charge is 0.243 e. The van der Waals surface area contributed by atoms with E-state index in [9.17, 15) is 13.2 Å². The van der Waals surface area contributed by atoms with Crippen LogP contribution in [0.25, 0.3) is 5.69 Å². The zero-order valence-electron chi connectivity index (χ0n) is 19.4. The van der Waals surface area contributed by atoms with E-state index in [2.05, 4.69) is 15.5 Å². The van der Waals surface area contributed by atoms with E-state index >= 15 is 0 Å². The van der Waals surface area contributed by atoms with E-state index in [1.807, 2.05) is 42.7 Å². The van der Waals surface area contributed by atoms with Crippen LogP contribution in [-0.4, -0.2) is 52.2 Å². The first-order valence-electron chi connectivity index (χ1n) is 11.4. The minimum Gasteiger partial charge on any atom is -0.325 e. The van der Waals surface area contributed by atoms with E-state index in [1.54, 1.807) is 28.6 Å². The van der Waals surface area contributed by atoms with Gasteiger partial charge in [-0.05, 0) is 63.1 Å². The first kappa shape index (κ1) is 24.4. The Morgan fingerprint density at radius 3 is 2.24 bits per heavy atom. The summed E-state index contributed by atoms with van der Waals surface area (Å²) in [5.41, 5.74) is 2.65. The molecule has 34 heavy (non-hydrogen) atoms. The lowest BCUT2D eigenvalue weighted by atomic mass is 10.2. The zero-order chi connectivity index (χ0) is 24.1. The van der Waals surface area contributed by atoms with Crippen molar-refractivity contribution in [2.45, 2.75) is 49.6 Å². The maximum atomic E-state index is 12.9. The van der Waals surface area contributed by atoms with Crippen LogP contribution in [0.1, 0.15) is 37.1 Å². The van der Waals surface area contributed by atoms with Gasteiger partial charge in [0.25, 0.3) is 0 Å². The second-order valence-electron chi connectivity index (χ2n) is 8.38. The third-order valence-electron chi connectivity index (χ3n) is 5.76. The van der Waals surface area contributed by atoms with Crippen molar-refractivity contribution in [2.24, 2.45) is 0 Å². The maximum Gasteiger partial charge on any atom is 0.243 e. The molecular weight excluding hydrogens is 470 g/mol. The Kier molecular flexibility index (Phi) is 7.70. The van der Waals surface area contributed by atoms with Gasteiger partial charge < -0.3 is 5.32 Å². The summed E-state index contributed by atoms with van der Waals surface area (Å²) in [5.74, 6) is 0.690. The fourth-order valence-electron chi connectivity index (χ4n) is 3.90. The van der Waals surface area contributed by atoms with Crippen molar-refractivity contribution in [1.29, 1.82) is 0 Å². The molecule has 8 nitrogen and oxygen atoms in total. The first-order valence-corrected chi connectivity index (χ1v) is 13.8. The number of sulfonamides is 1. The number of nitrogens with one attached hydrogen (secondary N) is 1. The van der Waals surface area contributed by atoms with E-state index in [0.29, 0.717) is 23.9 Å². The molecule has 2 aromatic carbocycles. The van der Waals surface area contributed by atoms with Crippen LogP contribution in [0.4, 0.5) is 5.69 Å². The molecule has 1 aliphatic rings.